The van der Waals surface area contributed by atoms with E-state index in [2.05, 4.69) is 0 Å². The summed E-state index contributed by atoms with van der Waals surface area (Å²) in [6.07, 6.45) is 0. The number of hydrogen-bond donors (Lipinski definition) is 1. The molecular formula is C10H17NO3. The zero-order valence-electron chi connectivity index (χ0n) is 9.07. The Morgan fingerprint density at radius 1 is 1.36 bits per heavy atom. The van der Waals surface area contributed by atoms with Gasteiger partial charge < -0.3 is 10.0 Å². The molecule has 1 amide bonds. The van der Waals surface area contributed by atoms with Crippen molar-refractivity contribution >= 4 is 11.9 Å². The zero-order valence-corrected chi connectivity index (χ0v) is 9.07. The highest BCUT2D eigenvalue weighted by Gasteiger charge is 2.66. The molecule has 2 unspecified atom stereocenters. The van der Waals surface area contributed by atoms with Crippen LogP contribution in [0.15, 0.2) is 0 Å². The van der Waals surface area contributed by atoms with E-state index in [0.29, 0.717) is 6.54 Å². The van der Waals surface area contributed by atoms with Crippen molar-refractivity contribution in [3.63, 3.8) is 0 Å². The van der Waals surface area contributed by atoms with Gasteiger partial charge in [0.25, 0.3) is 0 Å². The van der Waals surface area contributed by atoms with Crippen LogP contribution in [0.3, 0.4) is 0 Å². The fourth-order valence-electron chi connectivity index (χ4n) is 1.95. The lowest BCUT2D eigenvalue weighted by Crippen LogP contribution is -2.29. The third-order valence-electron chi connectivity index (χ3n) is 3.21. The standard InChI is InChI=1S/C10H17NO3/c1-5-11(4)8(12)6-7(9(13)14)10(6,2)3/h6-7H,5H2,1-4H3,(H,13,14). The first kappa shape index (κ1) is 11.0. The number of carboxylic acids is 1. The van der Waals surface area contributed by atoms with E-state index in [4.69, 9.17) is 5.11 Å². The van der Waals surface area contributed by atoms with E-state index in [1.54, 1.807) is 11.9 Å². The van der Waals surface area contributed by atoms with Crippen LogP contribution in [0, 0.1) is 17.3 Å². The molecule has 1 rings (SSSR count). The van der Waals surface area contributed by atoms with E-state index >= 15 is 0 Å². The van der Waals surface area contributed by atoms with E-state index in [1.165, 1.54) is 0 Å². The van der Waals surface area contributed by atoms with Crippen LogP contribution in [0.1, 0.15) is 20.8 Å². The van der Waals surface area contributed by atoms with Crippen LogP contribution in [0.4, 0.5) is 0 Å². The molecule has 0 heterocycles. The molecule has 0 aromatic heterocycles. The normalized spacial score (nSPS) is 28.3. The molecule has 2 atom stereocenters. The predicted octanol–water partition coefficient (Wildman–Crippen LogP) is 0.821. The molecule has 0 aliphatic heterocycles. The summed E-state index contributed by atoms with van der Waals surface area (Å²) in [7, 11) is 1.70. The Labute approximate surface area is 83.9 Å². The van der Waals surface area contributed by atoms with Crippen LogP contribution in [0.25, 0.3) is 0 Å². The summed E-state index contributed by atoms with van der Waals surface area (Å²) in [6, 6.07) is 0. The van der Waals surface area contributed by atoms with Gasteiger partial charge in [-0.05, 0) is 12.3 Å². The molecule has 0 bridgehead atoms. The maximum absolute atomic E-state index is 11.7. The van der Waals surface area contributed by atoms with E-state index in [-0.39, 0.29) is 17.2 Å². The topological polar surface area (TPSA) is 57.6 Å². The molecule has 0 aromatic rings. The van der Waals surface area contributed by atoms with Gasteiger partial charge in [-0.2, -0.15) is 0 Å². The second-order valence-electron chi connectivity index (χ2n) is 4.47. The van der Waals surface area contributed by atoms with Crippen LogP contribution in [0.2, 0.25) is 0 Å². The van der Waals surface area contributed by atoms with Crippen molar-refractivity contribution in [3.05, 3.63) is 0 Å². The molecule has 0 spiro atoms. The van der Waals surface area contributed by atoms with E-state index in [9.17, 15) is 9.59 Å². The molecular weight excluding hydrogens is 182 g/mol. The third kappa shape index (κ3) is 1.49. The Balaban J connectivity index is 2.74. The van der Waals surface area contributed by atoms with Gasteiger partial charge in [0.05, 0.1) is 11.8 Å². The van der Waals surface area contributed by atoms with Gasteiger partial charge in [0.15, 0.2) is 0 Å². The molecule has 1 saturated carbocycles. The van der Waals surface area contributed by atoms with Crippen molar-refractivity contribution in [2.45, 2.75) is 20.8 Å². The molecule has 1 fully saturated rings. The summed E-state index contributed by atoms with van der Waals surface area (Å²) in [5, 5.41) is 8.89. The lowest BCUT2D eigenvalue weighted by atomic mass is 10.1. The smallest absolute Gasteiger partial charge is 0.307 e. The molecule has 14 heavy (non-hydrogen) atoms. The lowest BCUT2D eigenvalue weighted by molar-refractivity contribution is -0.141. The van der Waals surface area contributed by atoms with Crippen molar-refractivity contribution in [1.29, 1.82) is 0 Å². The van der Waals surface area contributed by atoms with Gasteiger partial charge in [-0.1, -0.05) is 13.8 Å². The Morgan fingerprint density at radius 2 is 1.86 bits per heavy atom. The van der Waals surface area contributed by atoms with Crippen molar-refractivity contribution in [2.24, 2.45) is 17.3 Å². The maximum Gasteiger partial charge on any atom is 0.307 e. The van der Waals surface area contributed by atoms with Gasteiger partial charge in [-0.25, -0.2) is 0 Å². The lowest BCUT2D eigenvalue weighted by Gasteiger charge is -2.14. The van der Waals surface area contributed by atoms with Crippen molar-refractivity contribution < 1.29 is 14.7 Å². The van der Waals surface area contributed by atoms with Crippen molar-refractivity contribution in [3.8, 4) is 0 Å². The zero-order chi connectivity index (χ0) is 11.1. The highest BCUT2D eigenvalue weighted by molar-refractivity contribution is 5.91. The largest absolute Gasteiger partial charge is 0.481 e. The van der Waals surface area contributed by atoms with Crippen LogP contribution in [-0.4, -0.2) is 35.5 Å². The second kappa shape index (κ2) is 3.26. The maximum atomic E-state index is 11.7. The van der Waals surface area contributed by atoms with Gasteiger partial charge in [0.2, 0.25) is 5.91 Å². The highest BCUT2D eigenvalue weighted by Crippen LogP contribution is 2.58. The van der Waals surface area contributed by atoms with Gasteiger partial charge in [-0.3, -0.25) is 9.59 Å². The van der Waals surface area contributed by atoms with Crippen molar-refractivity contribution in [2.75, 3.05) is 13.6 Å². The second-order valence-corrected chi connectivity index (χ2v) is 4.47. The monoisotopic (exact) mass is 199 g/mol. The molecule has 4 heteroatoms. The van der Waals surface area contributed by atoms with Gasteiger partial charge >= 0.3 is 5.97 Å². The first-order valence-corrected chi connectivity index (χ1v) is 4.81. The number of carboxylic acid groups (broad SMARTS) is 1. The Bertz CT molecular complexity index is 273. The van der Waals surface area contributed by atoms with Crippen LogP contribution in [-0.2, 0) is 9.59 Å². The average molecular weight is 199 g/mol. The SMILES string of the molecule is CCN(C)C(=O)C1C(C(=O)O)C1(C)C. The Hall–Kier alpha value is -1.06. The molecule has 0 radical (unpaired) electrons. The molecule has 1 aliphatic rings. The van der Waals surface area contributed by atoms with Gasteiger partial charge in [0.1, 0.15) is 0 Å². The van der Waals surface area contributed by atoms with Gasteiger partial charge in [0, 0.05) is 13.6 Å². The predicted molar refractivity (Wildman–Crippen MR) is 51.7 cm³/mol. The van der Waals surface area contributed by atoms with Crippen LogP contribution >= 0.6 is 0 Å². The quantitative estimate of drug-likeness (QED) is 0.732. The third-order valence-corrected chi connectivity index (χ3v) is 3.21. The number of aliphatic carboxylic acids is 1. The average Bonchev–Trinajstić information content (AvgIpc) is 2.66. The highest BCUT2D eigenvalue weighted by atomic mass is 16.4. The fourth-order valence-corrected chi connectivity index (χ4v) is 1.95. The number of carbonyl (C=O) groups excluding carboxylic acids is 1. The number of nitrogens with zero attached hydrogens (tertiary/aromatic N) is 1. The fraction of sp³-hybridized carbons (Fsp3) is 0.800. The summed E-state index contributed by atoms with van der Waals surface area (Å²) >= 11 is 0. The number of amides is 1. The first-order valence-electron chi connectivity index (χ1n) is 4.81. The van der Waals surface area contributed by atoms with Crippen molar-refractivity contribution in [1.82, 2.24) is 4.90 Å². The summed E-state index contributed by atoms with van der Waals surface area (Å²) in [5.41, 5.74) is -0.383. The van der Waals surface area contributed by atoms with E-state index in [0.717, 1.165) is 0 Å². The molecule has 0 saturated heterocycles. The number of carbonyl (C=O) groups is 2. The minimum Gasteiger partial charge on any atom is -0.481 e. The first-order chi connectivity index (χ1) is 6.34. The Morgan fingerprint density at radius 3 is 2.14 bits per heavy atom. The molecule has 1 aliphatic carbocycles. The minimum atomic E-state index is -0.863. The molecule has 1 N–H and O–H groups in total. The van der Waals surface area contributed by atoms with Gasteiger partial charge in [-0.15, -0.1) is 0 Å². The molecule has 0 aromatic carbocycles. The Kier molecular flexibility index (Phi) is 2.56. The number of rotatable bonds is 3. The molecule has 4 nitrogen and oxygen atoms in total. The summed E-state index contributed by atoms with van der Waals surface area (Å²) in [4.78, 5) is 24.1. The van der Waals surface area contributed by atoms with Crippen LogP contribution < -0.4 is 0 Å². The summed E-state index contributed by atoms with van der Waals surface area (Å²) in [6.45, 7) is 6.16. The number of hydrogen-bond acceptors (Lipinski definition) is 2. The minimum absolute atomic E-state index is 0.0510. The molecule has 80 valence electrons. The van der Waals surface area contributed by atoms with E-state index < -0.39 is 11.9 Å². The van der Waals surface area contributed by atoms with Crippen LogP contribution in [0.5, 0.6) is 0 Å². The summed E-state index contributed by atoms with van der Waals surface area (Å²) < 4.78 is 0. The van der Waals surface area contributed by atoms with E-state index in [1.807, 2.05) is 20.8 Å². The summed E-state index contributed by atoms with van der Waals surface area (Å²) in [5.74, 6) is -1.77.